The van der Waals surface area contributed by atoms with Crippen molar-refractivity contribution in [3.05, 3.63) is 0 Å². The molecule has 0 radical (unpaired) electrons. The normalized spacial score (nSPS) is 25.8. The van der Waals surface area contributed by atoms with Gasteiger partial charge in [0.2, 0.25) is 0 Å². The number of nitrogens with zero attached hydrogens (tertiary/aromatic N) is 1. The topological polar surface area (TPSA) is 23.5 Å². The van der Waals surface area contributed by atoms with E-state index in [-0.39, 0.29) is 5.60 Å². The van der Waals surface area contributed by atoms with Gasteiger partial charge in [-0.2, -0.15) is 0 Å². The van der Waals surface area contributed by atoms with E-state index in [1.807, 2.05) is 0 Å². The molecule has 0 aromatic heterocycles. The predicted octanol–water partition coefficient (Wildman–Crippen LogP) is 1.88. The largest absolute Gasteiger partial charge is 0.390 e. The van der Waals surface area contributed by atoms with Crippen molar-refractivity contribution in [3.8, 4) is 0 Å². The van der Waals surface area contributed by atoms with Crippen LogP contribution in [0.3, 0.4) is 0 Å². The Morgan fingerprint density at radius 2 is 1.92 bits per heavy atom. The van der Waals surface area contributed by atoms with Crippen molar-refractivity contribution in [1.82, 2.24) is 4.90 Å². The van der Waals surface area contributed by atoms with Gasteiger partial charge in [0, 0.05) is 13.1 Å². The Balaban J connectivity index is 2.38. The van der Waals surface area contributed by atoms with Crippen molar-refractivity contribution in [3.63, 3.8) is 0 Å². The van der Waals surface area contributed by atoms with E-state index >= 15 is 0 Å². The highest BCUT2D eigenvalue weighted by molar-refractivity contribution is 4.85. The van der Waals surface area contributed by atoms with E-state index < -0.39 is 0 Å². The molecule has 1 heterocycles. The molecule has 2 heteroatoms. The SMILES string of the molecule is CCC(C)CC1(O)CCN(C)CC1. The van der Waals surface area contributed by atoms with Crippen molar-refractivity contribution in [2.75, 3.05) is 20.1 Å². The second kappa shape index (κ2) is 4.43. The number of hydrogen-bond donors (Lipinski definition) is 1. The zero-order valence-electron chi connectivity index (χ0n) is 9.21. The van der Waals surface area contributed by atoms with E-state index in [0.29, 0.717) is 5.92 Å². The summed E-state index contributed by atoms with van der Waals surface area (Å²) in [5.74, 6) is 0.661. The highest BCUT2D eigenvalue weighted by Gasteiger charge is 2.31. The quantitative estimate of drug-likeness (QED) is 0.725. The van der Waals surface area contributed by atoms with Crippen LogP contribution in [0.15, 0.2) is 0 Å². The Morgan fingerprint density at radius 3 is 2.38 bits per heavy atom. The molecule has 0 amide bonds. The second-order valence-electron chi connectivity index (χ2n) is 4.75. The Bertz CT molecular complexity index is 150. The summed E-state index contributed by atoms with van der Waals surface area (Å²) in [6.45, 7) is 6.53. The summed E-state index contributed by atoms with van der Waals surface area (Å²) in [7, 11) is 2.13. The third-order valence-electron chi connectivity index (χ3n) is 3.34. The summed E-state index contributed by atoms with van der Waals surface area (Å²) in [6, 6.07) is 0. The van der Waals surface area contributed by atoms with Crippen LogP contribution in [-0.4, -0.2) is 35.7 Å². The van der Waals surface area contributed by atoms with Crippen LogP contribution in [0.4, 0.5) is 0 Å². The van der Waals surface area contributed by atoms with Crippen LogP contribution >= 0.6 is 0 Å². The zero-order valence-corrected chi connectivity index (χ0v) is 9.21. The van der Waals surface area contributed by atoms with E-state index in [9.17, 15) is 5.11 Å². The Kier molecular flexibility index (Phi) is 3.74. The van der Waals surface area contributed by atoms with Crippen molar-refractivity contribution in [2.45, 2.75) is 45.1 Å². The molecule has 1 N–H and O–H groups in total. The lowest BCUT2D eigenvalue weighted by atomic mass is 9.83. The molecule has 1 aliphatic rings. The lowest BCUT2D eigenvalue weighted by Crippen LogP contribution is -2.43. The first kappa shape index (κ1) is 11.0. The highest BCUT2D eigenvalue weighted by Crippen LogP contribution is 2.29. The summed E-state index contributed by atoms with van der Waals surface area (Å²) < 4.78 is 0. The maximum Gasteiger partial charge on any atom is 0.0674 e. The maximum absolute atomic E-state index is 10.3. The number of rotatable bonds is 3. The van der Waals surface area contributed by atoms with Gasteiger partial charge in [0.1, 0.15) is 0 Å². The van der Waals surface area contributed by atoms with E-state index in [0.717, 1.165) is 32.4 Å². The van der Waals surface area contributed by atoms with Crippen LogP contribution < -0.4 is 0 Å². The Morgan fingerprint density at radius 1 is 1.38 bits per heavy atom. The van der Waals surface area contributed by atoms with Crippen LogP contribution in [0, 0.1) is 5.92 Å². The summed E-state index contributed by atoms with van der Waals surface area (Å²) in [4.78, 5) is 2.30. The molecule has 0 aromatic carbocycles. The minimum absolute atomic E-state index is 0.359. The molecule has 0 spiro atoms. The van der Waals surface area contributed by atoms with Crippen LogP contribution in [0.5, 0.6) is 0 Å². The Hall–Kier alpha value is -0.0800. The van der Waals surface area contributed by atoms with Gasteiger partial charge < -0.3 is 10.0 Å². The average molecular weight is 185 g/mol. The molecule has 1 unspecified atom stereocenters. The monoisotopic (exact) mass is 185 g/mol. The average Bonchev–Trinajstić information content (AvgIpc) is 2.10. The fourth-order valence-corrected chi connectivity index (χ4v) is 2.03. The summed E-state index contributed by atoms with van der Waals surface area (Å²) in [5, 5.41) is 10.3. The molecule has 1 aliphatic heterocycles. The first-order chi connectivity index (χ1) is 6.06. The summed E-state index contributed by atoms with van der Waals surface area (Å²) >= 11 is 0. The molecule has 1 saturated heterocycles. The molecule has 13 heavy (non-hydrogen) atoms. The van der Waals surface area contributed by atoms with E-state index in [1.165, 1.54) is 6.42 Å². The summed E-state index contributed by atoms with van der Waals surface area (Å²) in [6.07, 6.45) is 4.07. The molecule has 0 aromatic rings. The number of hydrogen-bond acceptors (Lipinski definition) is 2. The first-order valence-corrected chi connectivity index (χ1v) is 5.46. The van der Waals surface area contributed by atoms with Crippen molar-refractivity contribution in [1.29, 1.82) is 0 Å². The van der Waals surface area contributed by atoms with Gasteiger partial charge in [0.25, 0.3) is 0 Å². The van der Waals surface area contributed by atoms with Gasteiger partial charge in [-0.05, 0) is 32.2 Å². The van der Waals surface area contributed by atoms with Gasteiger partial charge in [-0.25, -0.2) is 0 Å². The van der Waals surface area contributed by atoms with Crippen molar-refractivity contribution < 1.29 is 5.11 Å². The van der Waals surface area contributed by atoms with Crippen molar-refractivity contribution >= 4 is 0 Å². The molecular weight excluding hydrogens is 162 g/mol. The second-order valence-corrected chi connectivity index (χ2v) is 4.75. The van der Waals surface area contributed by atoms with E-state index in [1.54, 1.807) is 0 Å². The van der Waals surface area contributed by atoms with Gasteiger partial charge in [-0.3, -0.25) is 0 Å². The lowest BCUT2D eigenvalue weighted by Gasteiger charge is -2.38. The molecule has 1 rings (SSSR count). The van der Waals surface area contributed by atoms with Gasteiger partial charge in [-0.1, -0.05) is 20.3 Å². The van der Waals surface area contributed by atoms with E-state index in [4.69, 9.17) is 0 Å². The van der Waals surface area contributed by atoms with Crippen LogP contribution in [-0.2, 0) is 0 Å². The molecular formula is C11H23NO. The van der Waals surface area contributed by atoms with Crippen LogP contribution in [0.25, 0.3) is 0 Å². The molecule has 0 saturated carbocycles. The van der Waals surface area contributed by atoms with Crippen LogP contribution in [0.2, 0.25) is 0 Å². The van der Waals surface area contributed by atoms with E-state index in [2.05, 4.69) is 25.8 Å². The molecule has 0 bridgehead atoms. The third kappa shape index (κ3) is 3.28. The molecule has 2 nitrogen and oxygen atoms in total. The summed E-state index contributed by atoms with van der Waals surface area (Å²) in [5.41, 5.74) is -0.359. The lowest BCUT2D eigenvalue weighted by molar-refractivity contribution is -0.0330. The predicted molar refractivity (Wildman–Crippen MR) is 55.8 cm³/mol. The molecule has 78 valence electrons. The van der Waals surface area contributed by atoms with Crippen molar-refractivity contribution in [2.24, 2.45) is 5.92 Å². The number of piperidine rings is 1. The Labute approximate surface area is 81.9 Å². The van der Waals surface area contributed by atoms with Gasteiger partial charge in [0.15, 0.2) is 0 Å². The third-order valence-corrected chi connectivity index (χ3v) is 3.34. The van der Waals surface area contributed by atoms with Crippen LogP contribution in [0.1, 0.15) is 39.5 Å². The van der Waals surface area contributed by atoms with Gasteiger partial charge >= 0.3 is 0 Å². The standard InChI is InChI=1S/C11H23NO/c1-4-10(2)9-11(13)5-7-12(3)8-6-11/h10,13H,4-9H2,1-3H3. The molecule has 1 atom stereocenters. The number of likely N-dealkylation sites (tertiary alicyclic amines) is 1. The highest BCUT2D eigenvalue weighted by atomic mass is 16.3. The minimum Gasteiger partial charge on any atom is -0.390 e. The minimum atomic E-state index is -0.359. The van der Waals surface area contributed by atoms with Gasteiger partial charge in [-0.15, -0.1) is 0 Å². The fourth-order valence-electron chi connectivity index (χ4n) is 2.03. The first-order valence-electron chi connectivity index (χ1n) is 5.46. The smallest absolute Gasteiger partial charge is 0.0674 e. The molecule has 1 fully saturated rings. The molecule has 0 aliphatic carbocycles. The maximum atomic E-state index is 10.3. The fraction of sp³-hybridized carbons (Fsp3) is 1.00. The zero-order chi connectivity index (χ0) is 9.90. The number of aliphatic hydroxyl groups is 1. The van der Waals surface area contributed by atoms with Gasteiger partial charge in [0.05, 0.1) is 5.60 Å².